The summed E-state index contributed by atoms with van der Waals surface area (Å²) in [5, 5.41) is 7.89. The molecule has 0 spiro atoms. The number of nitrogen functional groups attached to an aromatic ring is 1. The maximum atomic E-state index is 11.2. The summed E-state index contributed by atoms with van der Waals surface area (Å²) >= 11 is 0. The van der Waals surface area contributed by atoms with Crippen LogP contribution in [0.4, 0.5) is 11.5 Å². The summed E-state index contributed by atoms with van der Waals surface area (Å²) in [6.07, 6.45) is 1.70. The molecule has 3 heterocycles. The van der Waals surface area contributed by atoms with Crippen LogP contribution in [0.2, 0.25) is 0 Å². The number of fused-ring (bicyclic) bond motifs is 1. The van der Waals surface area contributed by atoms with E-state index in [4.69, 9.17) is 11.5 Å². The van der Waals surface area contributed by atoms with Gasteiger partial charge in [-0.05, 0) is 12.1 Å². The van der Waals surface area contributed by atoms with Crippen LogP contribution in [0.5, 0.6) is 0 Å². The Balaban J connectivity index is 1.95. The minimum atomic E-state index is -0.568. The van der Waals surface area contributed by atoms with Crippen LogP contribution in [-0.2, 0) is 13.1 Å². The summed E-state index contributed by atoms with van der Waals surface area (Å²) in [6, 6.07) is 3.16. The Morgan fingerprint density at radius 1 is 1.32 bits per heavy atom. The standard InChI is InChI=1S/C11H13N7O/c12-7-1-2-8(10(13)19)15-11(7)17-3-4-18-6-14-16-9(18)5-17/h1-2,6H,3-5,12H2,(H2,13,19). The van der Waals surface area contributed by atoms with Gasteiger partial charge >= 0.3 is 0 Å². The van der Waals surface area contributed by atoms with Gasteiger partial charge in [-0.25, -0.2) is 4.98 Å². The van der Waals surface area contributed by atoms with Gasteiger partial charge in [0.1, 0.15) is 12.0 Å². The van der Waals surface area contributed by atoms with Crippen LogP contribution in [0.15, 0.2) is 18.5 Å². The van der Waals surface area contributed by atoms with Crippen molar-refractivity contribution in [1.29, 1.82) is 0 Å². The van der Waals surface area contributed by atoms with Gasteiger partial charge in [0.25, 0.3) is 5.91 Å². The first-order chi connectivity index (χ1) is 9.15. The van der Waals surface area contributed by atoms with Crippen molar-refractivity contribution in [2.24, 2.45) is 5.73 Å². The molecule has 0 saturated heterocycles. The van der Waals surface area contributed by atoms with Crippen molar-refractivity contribution in [3.05, 3.63) is 30.0 Å². The fourth-order valence-corrected chi connectivity index (χ4v) is 2.10. The lowest BCUT2D eigenvalue weighted by atomic mass is 10.2. The molecule has 0 aromatic carbocycles. The molecule has 1 amide bonds. The maximum Gasteiger partial charge on any atom is 0.267 e. The van der Waals surface area contributed by atoms with Gasteiger partial charge in [-0.2, -0.15) is 0 Å². The highest BCUT2D eigenvalue weighted by molar-refractivity contribution is 5.91. The van der Waals surface area contributed by atoms with E-state index in [0.717, 1.165) is 18.9 Å². The van der Waals surface area contributed by atoms with Crippen molar-refractivity contribution >= 4 is 17.4 Å². The zero-order chi connectivity index (χ0) is 13.4. The molecular formula is C11H13N7O. The molecule has 0 radical (unpaired) electrons. The van der Waals surface area contributed by atoms with Gasteiger partial charge in [0.2, 0.25) is 0 Å². The lowest BCUT2D eigenvalue weighted by Gasteiger charge is -2.29. The number of aromatic nitrogens is 4. The first-order valence-electron chi connectivity index (χ1n) is 5.83. The van der Waals surface area contributed by atoms with Crippen molar-refractivity contribution in [3.8, 4) is 0 Å². The van der Waals surface area contributed by atoms with E-state index >= 15 is 0 Å². The number of pyridine rings is 1. The summed E-state index contributed by atoms with van der Waals surface area (Å²) in [5.74, 6) is 0.837. The summed E-state index contributed by atoms with van der Waals surface area (Å²) in [7, 11) is 0. The molecule has 2 aromatic heterocycles. The summed E-state index contributed by atoms with van der Waals surface area (Å²) in [5.41, 5.74) is 11.9. The average Bonchev–Trinajstić information content (AvgIpc) is 2.86. The predicted octanol–water partition coefficient (Wildman–Crippen LogP) is -0.626. The van der Waals surface area contributed by atoms with Gasteiger partial charge in [0, 0.05) is 13.1 Å². The second-order valence-electron chi connectivity index (χ2n) is 4.34. The molecule has 1 aliphatic rings. The molecule has 3 rings (SSSR count). The van der Waals surface area contributed by atoms with Gasteiger partial charge in [-0.15, -0.1) is 10.2 Å². The Bertz CT molecular complexity index is 636. The van der Waals surface area contributed by atoms with Crippen LogP contribution < -0.4 is 16.4 Å². The number of amides is 1. The lowest BCUT2D eigenvalue weighted by Crippen LogP contribution is -2.35. The lowest BCUT2D eigenvalue weighted by molar-refractivity contribution is 0.0995. The number of hydrogen-bond acceptors (Lipinski definition) is 6. The first-order valence-corrected chi connectivity index (χ1v) is 5.83. The Labute approximate surface area is 109 Å². The molecule has 0 fully saturated rings. The van der Waals surface area contributed by atoms with Crippen molar-refractivity contribution in [2.75, 3.05) is 17.2 Å². The predicted molar refractivity (Wildman–Crippen MR) is 68.2 cm³/mol. The molecule has 0 unspecified atom stereocenters. The highest BCUT2D eigenvalue weighted by Crippen LogP contribution is 2.24. The highest BCUT2D eigenvalue weighted by atomic mass is 16.1. The van der Waals surface area contributed by atoms with Crippen molar-refractivity contribution in [1.82, 2.24) is 19.7 Å². The van der Waals surface area contributed by atoms with E-state index in [1.807, 2.05) is 9.47 Å². The SMILES string of the molecule is NC(=O)c1ccc(N)c(N2CCn3cnnc3C2)n1. The fourth-order valence-electron chi connectivity index (χ4n) is 2.10. The molecule has 1 aliphatic heterocycles. The molecule has 98 valence electrons. The fraction of sp³-hybridized carbons (Fsp3) is 0.273. The van der Waals surface area contributed by atoms with Gasteiger partial charge in [-0.1, -0.05) is 0 Å². The van der Waals surface area contributed by atoms with E-state index in [1.54, 1.807) is 12.4 Å². The Kier molecular flexibility index (Phi) is 2.55. The minimum absolute atomic E-state index is 0.205. The van der Waals surface area contributed by atoms with Crippen LogP contribution in [0.3, 0.4) is 0 Å². The van der Waals surface area contributed by atoms with Crippen LogP contribution in [0.1, 0.15) is 16.3 Å². The van der Waals surface area contributed by atoms with Crippen molar-refractivity contribution in [3.63, 3.8) is 0 Å². The Morgan fingerprint density at radius 2 is 2.16 bits per heavy atom. The first kappa shape index (κ1) is 11.5. The number of carbonyl (C=O) groups excluding carboxylic acids is 1. The zero-order valence-electron chi connectivity index (χ0n) is 10.2. The summed E-state index contributed by atoms with van der Waals surface area (Å²) in [4.78, 5) is 17.4. The number of rotatable bonds is 2. The normalized spacial score (nSPS) is 14.2. The minimum Gasteiger partial charge on any atom is -0.396 e. The molecule has 0 bridgehead atoms. The molecule has 0 atom stereocenters. The van der Waals surface area contributed by atoms with Gasteiger partial charge < -0.3 is 20.9 Å². The van der Waals surface area contributed by atoms with Crippen molar-refractivity contribution < 1.29 is 4.79 Å². The third-order valence-corrected chi connectivity index (χ3v) is 3.10. The van der Waals surface area contributed by atoms with Crippen LogP contribution in [0, 0.1) is 0 Å². The van der Waals surface area contributed by atoms with E-state index in [0.29, 0.717) is 18.1 Å². The largest absolute Gasteiger partial charge is 0.396 e. The number of primary amides is 1. The number of anilines is 2. The highest BCUT2D eigenvalue weighted by Gasteiger charge is 2.21. The quantitative estimate of drug-likeness (QED) is 0.742. The van der Waals surface area contributed by atoms with E-state index < -0.39 is 5.91 Å². The third kappa shape index (κ3) is 1.96. The number of hydrogen-bond donors (Lipinski definition) is 2. The molecule has 19 heavy (non-hydrogen) atoms. The molecule has 8 heteroatoms. The topological polar surface area (TPSA) is 116 Å². The third-order valence-electron chi connectivity index (χ3n) is 3.10. The van der Waals surface area contributed by atoms with Crippen LogP contribution in [0.25, 0.3) is 0 Å². The van der Waals surface area contributed by atoms with E-state index in [1.165, 1.54) is 6.07 Å². The zero-order valence-corrected chi connectivity index (χ0v) is 10.2. The second-order valence-corrected chi connectivity index (χ2v) is 4.34. The maximum absolute atomic E-state index is 11.2. The number of nitrogens with zero attached hydrogens (tertiary/aromatic N) is 5. The molecular weight excluding hydrogens is 246 g/mol. The van der Waals surface area contributed by atoms with Crippen LogP contribution >= 0.6 is 0 Å². The smallest absolute Gasteiger partial charge is 0.267 e. The van der Waals surface area contributed by atoms with Crippen molar-refractivity contribution in [2.45, 2.75) is 13.1 Å². The molecule has 0 aliphatic carbocycles. The average molecular weight is 259 g/mol. The monoisotopic (exact) mass is 259 g/mol. The number of nitrogens with two attached hydrogens (primary N) is 2. The summed E-state index contributed by atoms with van der Waals surface area (Å²) < 4.78 is 1.98. The molecule has 2 aromatic rings. The Hall–Kier alpha value is -2.64. The second kappa shape index (κ2) is 4.23. The van der Waals surface area contributed by atoms with Gasteiger partial charge in [0.15, 0.2) is 11.6 Å². The van der Waals surface area contributed by atoms with Gasteiger partial charge in [0.05, 0.1) is 12.2 Å². The molecule has 0 saturated carbocycles. The Morgan fingerprint density at radius 3 is 2.95 bits per heavy atom. The van der Waals surface area contributed by atoms with Gasteiger partial charge in [-0.3, -0.25) is 4.79 Å². The van der Waals surface area contributed by atoms with E-state index in [2.05, 4.69) is 15.2 Å². The summed E-state index contributed by atoms with van der Waals surface area (Å²) in [6.45, 7) is 2.04. The molecule has 4 N–H and O–H groups in total. The van der Waals surface area contributed by atoms with Crippen LogP contribution in [-0.4, -0.2) is 32.2 Å². The number of carbonyl (C=O) groups is 1. The van der Waals surface area contributed by atoms with E-state index in [-0.39, 0.29) is 5.69 Å². The molecule has 8 nitrogen and oxygen atoms in total. The van der Waals surface area contributed by atoms with E-state index in [9.17, 15) is 4.79 Å².